The molecule has 1 aromatic rings. The molecule has 0 aliphatic rings. The van der Waals surface area contributed by atoms with E-state index in [0.717, 1.165) is 0 Å². The zero-order valence-electron chi connectivity index (χ0n) is 12.6. The second kappa shape index (κ2) is 7.92. The number of amides is 1. The Balaban J connectivity index is 2.37. The summed E-state index contributed by atoms with van der Waals surface area (Å²) < 4.78 is 11.5. The summed E-state index contributed by atoms with van der Waals surface area (Å²) in [5.74, 6) is 0.148. The van der Waals surface area contributed by atoms with Crippen LogP contribution in [0.25, 0.3) is 0 Å². The predicted molar refractivity (Wildman–Crippen MR) is 86.8 cm³/mol. The average Bonchev–Trinajstić information content (AvgIpc) is 2.38. The summed E-state index contributed by atoms with van der Waals surface area (Å²) in [6.45, 7) is 6.04. The first-order valence-corrected chi connectivity index (χ1v) is 8.48. The van der Waals surface area contributed by atoms with Crippen molar-refractivity contribution in [2.45, 2.75) is 38.0 Å². The van der Waals surface area contributed by atoms with Crippen LogP contribution < -0.4 is 5.32 Å². The van der Waals surface area contributed by atoms with E-state index in [2.05, 4.69) is 5.32 Å². The van der Waals surface area contributed by atoms with Gasteiger partial charge in [0, 0.05) is 32.9 Å². The molecule has 4 nitrogen and oxygen atoms in total. The maximum absolute atomic E-state index is 11.8. The van der Waals surface area contributed by atoms with E-state index in [4.69, 9.17) is 11.6 Å². The minimum atomic E-state index is -0.997. The molecule has 0 heterocycles. The number of rotatable bonds is 6. The molecule has 0 radical (unpaired) electrons. The van der Waals surface area contributed by atoms with Crippen molar-refractivity contribution < 1.29 is 14.1 Å². The molecule has 0 saturated heterocycles. The van der Waals surface area contributed by atoms with Crippen molar-refractivity contribution in [3.63, 3.8) is 0 Å². The molecule has 21 heavy (non-hydrogen) atoms. The van der Waals surface area contributed by atoms with Crippen molar-refractivity contribution in [2.24, 2.45) is 0 Å². The van der Waals surface area contributed by atoms with E-state index in [-0.39, 0.29) is 17.1 Å². The van der Waals surface area contributed by atoms with Crippen LogP contribution in [-0.4, -0.2) is 32.3 Å². The molecule has 0 aromatic heterocycles. The summed E-state index contributed by atoms with van der Waals surface area (Å²) in [6.07, 6.45) is -0.889. The van der Waals surface area contributed by atoms with Crippen molar-refractivity contribution in [1.82, 2.24) is 5.32 Å². The van der Waals surface area contributed by atoms with Gasteiger partial charge >= 0.3 is 0 Å². The highest BCUT2D eigenvalue weighted by molar-refractivity contribution is 7.86. The lowest BCUT2D eigenvalue weighted by atomic mass is 10.1. The smallest absolute Gasteiger partial charge is 0.222 e. The molecule has 0 aliphatic carbocycles. The van der Waals surface area contributed by atoms with E-state index in [1.54, 1.807) is 24.3 Å². The second-order valence-corrected chi connectivity index (χ2v) is 8.54. The summed E-state index contributed by atoms with van der Waals surface area (Å²) >= 11 is 5.77. The molecule has 0 aliphatic heterocycles. The molecule has 2 atom stereocenters. The Morgan fingerprint density at radius 2 is 1.90 bits per heavy atom. The number of aliphatic hydroxyl groups is 1. The van der Waals surface area contributed by atoms with Crippen molar-refractivity contribution in [1.29, 1.82) is 0 Å². The number of carbonyl (C=O) groups is 1. The fraction of sp³-hybridized carbons (Fsp3) is 0.533. The number of aliphatic hydroxyl groups excluding tert-OH is 1. The maximum atomic E-state index is 11.8. The lowest BCUT2D eigenvalue weighted by Crippen LogP contribution is -2.33. The Kier molecular flexibility index (Phi) is 6.84. The van der Waals surface area contributed by atoms with Crippen molar-refractivity contribution in [3.05, 3.63) is 34.9 Å². The predicted octanol–water partition coefficient (Wildman–Crippen LogP) is 2.43. The number of benzene rings is 1. The van der Waals surface area contributed by atoms with E-state index in [0.29, 0.717) is 22.9 Å². The number of carbonyl (C=O) groups excluding carboxylic acids is 1. The van der Waals surface area contributed by atoms with E-state index in [1.165, 1.54) is 0 Å². The van der Waals surface area contributed by atoms with Crippen molar-refractivity contribution >= 4 is 28.3 Å². The molecule has 1 amide bonds. The Hall–Kier alpha value is -0.910. The maximum Gasteiger partial charge on any atom is 0.222 e. The van der Waals surface area contributed by atoms with Crippen LogP contribution in [0.3, 0.4) is 0 Å². The lowest BCUT2D eigenvalue weighted by molar-refractivity contribution is -0.122. The topological polar surface area (TPSA) is 66.4 Å². The monoisotopic (exact) mass is 331 g/mol. The van der Waals surface area contributed by atoms with Crippen molar-refractivity contribution in [2.75, 3.05) is 12.3 Å². The second-order valence-electron chi connectivity index (χ2n) is 5.78. The SMILES string of the molecule is CC(C)(C)S(=O)CCNC(=O)CC(O)c1ccc(Cl)cc1. The Morgan fingerprint density at radius 3 is 2.43 bits per heavy atom. The molecule has 0 spiro atoms. The Labute approximate surface area is 133 Å². The molecular formula is C15H22ClNO3S. The highest BCUT2D eigenvalue weighted by atomic mass is 35.5. The van der Waals surface area contributed by atoms with Gasteiger partial charge in [-0.1, -0.05) is 23.7 Å². The third-order valence-electron chi connectivity index (χ3n) is 2.93. The fourth-order valence-electron chi connectivity index (χ4n) is 1.64. The Bertz CT molecular complexity index is 497. The van der Waals surface area contributed by atoms with Crippen LogP contribution in [0, 0.1) is 0 Å². The molecule has 2 unspecified atom stereocenters. The van der Waals surface area contributed by atoms with E-state index in [1.807, 2.05) is 20.8 Å². The molecule has 6 heteroatoms. The zero-order chi connectivity index (χ0) is 16.0. The molecule has 0 saturated carbocycles. The number of hydrogen-bond acceptors (Lipinski definition) is 3. The van der Waals surface area contributed by atoms with Gasteiger partial charge in [0.05, 0.1) is 12.5 Å². The highest BCUT2D eigenvalue weighted by Crippen LogP contribution is 2.19. The van der Waals surface area contributed by atoms with Crippen LogP contribution in [-0.2, 0) is 15.6 Å². The van der Waals surface area contributed by atoms with Gasteiger partial charge in [0.2, 0.25) is 5.91 Å². The minimum absolute atomic E-state index is 0.0240. The summed E-state index contributed by atoms with van der Waals surface area (Å²) in [5.41, 5.74) is 0.646. The van der Waals surface area contributed by atoms with Crippen LogP contribution >= 0.6 is 11.6 Å². The molecular weight excluding hydrogens is 310 g/mol. The van der Waals surface area contributed by atoms with Gasteiger partial charge in [0.15, 0.2) is 0 Å². The first-order chi connectivity index (χ1) is 9.70. The van der Waals surface area contributed by atoms with Crippen molar-refractivity contribution in [3.8, 4) is 0 Å². The van der Waals surface area contributed by atoms with E-state index in [9.17, 15) is 14.1 Å². The van der Waals surface area contributed by atoms with Crippen LogP contribution in [0.4, 0.5) is 0 Å². The summed E-state index contributed by atoms with van der Waals surface area (Å²) in [5, 5.41) is 13.2. The highest BCUT2D eigenvalue weighted by Gasteiger charge is 2.19. The largest absolute Gasteiger partial charge is 0.388 e. The zero-order valence-corrected chi connectivity index (χ0v) is 14.1. The minimum Gasteiger partial charge on any atom is -0.388 e. The van der Waals surface area contributed by atoms with Gasteiger partial charge < -0.3 is 10.4 Å². The van der Waals surface area contributed by atoms with Gasteiger partial charge in [-0.25, -0.2) is 0 Å². The fourth-order valence-corrected chi connectivity index (χ4v) is 2.67. The van der Waals surface area contributed by atoms with Gasteiger partial charge in [0.1, 0.15) is 0 Å². The Morgan fingerprint density at radius 1 is 1.33 bits per heavy atom. The molecule has 1 aromatic carbocycles. The molecule has 1 rings (SSSR count). The molecule has 118 valence electrons. The van der Waals surface area contributed by atoms with Crippen LogP contribution in [0.5, 0.6) is 0 Å². The summed E-state index contributed by atoms with van der Waals surface area (Å²) in [7, 11) is -0.997. The first-order valence-electron chi connectivity index (χ1n) is 6.79. The lowest BCUT2D eigenvalue weighted by Gasteiger charge is -2.18. The third-order valence-corrected chi connectivity index (χ3v) is 5.12. The van der Waals surface area contributed by atoms with Gasteiger partial charge in [-0.3, -0.25) is 9.00 Å². The third kappa shape index (κ3) is 6.59. The van der Waals surface area contributed by atoms with Crippen LogP contribution in [0.15, 0.2) is 24.3 Å². The first kappa shape index (κ1) is 18.1. The average molecular weight is 332 g/mol. The molecule has 0 bridgehead atoms. The van der Waals surface area contributed by atoms with Gasteiger partial charge in [0.25, 0.3) is 0 Å². The molecule has 2 N–H and O–H groups in total. The van der Waals surface area contributed by atoms with Crippen LogP contribution in [0.2, 0.25) is 5.02 Å². The number of hydrogen-bond donors (Lipinski definition) is 2. The quantitative estimate of drug-likeness (QED) is 0.841. The number of halogens is 1. The van der Waals surface area contributed by atoms with E-state index >= 15 is 0 Å². The summed E-state index contributed by atoms with van der Waals surface area (Å²) in [4.78, 5) is 11.7. The standard InChI is InChI=1S/C15H22ClNO3S/c1-15(2,3)21(20)9-8-17-14(19)10-13(18)11-4-6-12(16)7-5-11/h4-7,13,18H,8-10H2,1-3H3,(H,17,19). The van der Waals surface area contributed by atoms with Gasteiger partial charge in [-0.15, -0.1) is 0 Å². The number of nitrogens with one attached hydrogen (secondary N) is 1. The normalized spacial score (nSPS) is 14.5. The van der Waals surface area contributed by atoms with Gasteiger partial charge in [-0.2, -0.15) is 0 Å². The van der Waals surface area contributed by atoms with Crippen LogP contribution in [0.1, 0.15) is 38.9 Å². The molecule has 0 fully saturated rings. The van der Waals surface area contributed by atoms with E-state index < -0.39 is 16.9 Å². The van der Waals surface area contributed by atoms with Gasteiger partial charge in [-0.05, 0) is 38.5 Å². The summed E-state index contributed by atoms with van der Waals surface area (Å²) in [6, 6.07) is 6.72.